The minimum Gasteiger partial charge on any atom is -0.497 e. The molecular formula is C33H29ClN6O4S. The van der Waals surface area contributed by atoms with Crippen LogP contribution in [0.4, 0.5) is 0 Å². The maximum atomic E-state index is 13.8. The maximum Gasteiger partial charge on any atom is 0.287 e. The Morgan fingerprint density at radius 1 is 1.04 bits per heavy atom. The molecule has 0 radical (unpaired) electrons. The summed E-state index contributed by atoms with van der Waals surface area (Å²) in [5.74, 6) is 0.895. The van der Waals surface area contributed by atoms with E-state index in [1.807, 2.05) is 67.6 Å². The van der Waals surface area contributed by atoms with Gasteiger partial charge in [-0.3, -0.25) is 14.2 Å². The first-order chi connectivity index (χ1) is 21.9. The lowest BCUT2D eigenvalue weighted by Crippen LogP contribution is -2.28. The number of aryl methyl sites for hydroxylation is 1. The van der Waals surface area contributed by atoms with Gasteiger partial charge in [-0.05, 0) is 72.6 Å². The molecule has 12 heteroatoms. The normalized spacial score (nSPS) is 14.3. The number of rotatable bonds is 10. The van der Waals surface area contributed by atoms with Gasteiger partial charge in [0.1, 0.15) is 5.75 Å². The van der Waals surface area contributed by atoms with E-state index in [1.165, 1.54) is 18.0 Å². The van der Waals surface area contributed by atoms with Gasteiger partial charge in [0.15, 0.2) is 16.7 Å². The molecule has 228 valence electrons. The second-order valence-electron chi connectivity index (χ2n) is 10.3. The van der Waals surface area contributed by atoms with Crippen molar-refractivity contribution in [2.45, 2.75) is 31.1 Å². The summed E-state index contributed by atoms with van der Waals surface area (Å²) in [5, 5.41) is 18.9. The van der Waals surface area contributed by atoms with E-state index in [9.17, 15) is 9.59 Å². The number of nitrogens with one attached hydrogen (secondary N) is 1. The van der Waals surface area contributed by atoms with Gasteiger partial charge in [-0.25, -0.2) is 5.01 Å². The lowest BCUT2D eigenvalue weighted by Gasteiger charge is -2.22. The highest BCUT2D eigenvalue weighted by Gasteiger charge is 2.33. The molecule has 1 N–H and O–H groups in total. The smallest absolute Gasteiger partial charge is 0.287 e. The SMILES string of the molecule is COc1ccc(C2=NN(C(=O)CSc3nnc(CNC(=O)c4ccco4)n3-c3cccc(Cl)c3)[C@@H](c3ccc(C)cc3)C2)cc1. The van der Waals surface area contributed by atoms with Crippen LogP contribution in [-0.2, 0) is 11.3 Å². The molecule has 0 fully saturated rings. The van der Waals surface area contributed by atoms with Crippen LogP contribution in [0.5, 0.6) is 5.75 Å². The summed E-state index contributed by atoms with van der Waals surface area (Å²) in [7, 11) is 1.63. The fourth-order valence-electron chi connectivity index (χ4n) is 4.98. The number of amides is 2. The number of hydrazone groups is 1. The number of carbonyl (C=O) groups is 2. The van der Waals surface area contributed by atoms with Crippen LogP contribution in [0.15, 0.2) is 106 Å². The lowest BCUT2D eigenvalue weighted by atomic mass is 9.97. The first-order valence-electron chi connectivity index (χ1n) is 14.1. The molecule has 0 bridgehead atoms. The van der Waals surface area contributed by atoms with Crippen molar-refractivity contribution in [3.05, 3.63) is 124 Å². The molecule has 2 aromatic heterocycles. The fourth-order valence-corrected chi connectivity index (χ4v) is 5.98. The van der Waals surface area contributed by atoms with E-state index in [2.05, 4.69) is 15.5 Å². The van der Waals surface area contributed by atoms with E-state index < -0.39 is 0 Å². The van der Waals surface area contributed by atoms with Crippen LogP contribution < -0.4 is 10.1 Å². The first kappa shape index (κ1) is 30.2. The van der Waals surface area contributed by atoms with Crippen molar-refractivity contribution in [1.29, 1.82) is 0 Å². The largest absolute Gasteiger partial charge is 0.497 e. The number of nitrogens with zero attached hydrogens (tertiary/aromatic N) is 5. The topological polar surface area (TPSA) is 115 Å². The van der Waals surface area contributed by atoms with Gasteiger partial charge in [0.05, 0.1) is 43.1 Å². The summed E-state index contributed by atoms with van der Waals surface area (Å²) in [5.41, 5.74) is 4.58. The summed E-state index contributed by atoms with van der Waals surface area (Å²) in [6, 6.07) is 26.0. The maximum absolute atomic E-state index is 13.8. The molecule has 1 aliphatic rings. The number of ether oxygens (including phenoxy) is 1. The van der Waals surface area contributed by atoms with Crippen molar-refractivity contribution in [2.24, 2.45) is 5.10 Å². The molecule has 1 atom stereocenters. The molecule has 0 unspecified atom stereocenters. The van der Waals surface area contributed by atoms with Gasteiger partial charge >= 0.3 is 0 Å². The Bertz CT molecular complexity index is 1840. The van der Waals surface area contributed by atoms with Crippen LogP contribution in [0.25, 0.3) is 5.69 Å². The second-order valence-corrected chi connectivity index (χ2v) is 11.7. The van der Waals surface area contributed by atoms with Crippen LogP contribution in [0.3, 0.4) is 0 Å². The van der Waals surface area contributed by atoms with E-state index >= 15 is 0 Å². The molecule has 2 amide bonds. The van der Waals surface area contributed by atoms with Crippen molar-refractivity contribution in [3.63, 3.8) is 0 Å². The average Bonchev–Trinajstić information content (AvgIpc) is 3.83. The molecule has 45 heavy (non-hydrogen) atoms. The summed E-state index contributed by atoms with van der Waals surface area (Å²) < 4.78 is 12.3. The zero-order valence-electron chi connectivity index (χ0n) is 24.5. The number of furan rings is 1. The Labute approximate surface area is 269 Å². The van der Waals surface area contributed by atoms with E-state index in [4.69, 9.17) is 25.9 Å². The fraction of sp³-hybridized carbons (Fsp3) is 0.182. The molecule has 5 aromatic rings. The predicted molar refractivity (Wildman–Crippen MR) is 172 cm³/mol. The molecule has 0 saturated heterocycles. The molecule has 0 saturated carbocycles. The van der Waals surface area contributed by atoms with Crippen LogP contribution >= 0.6 is 23.4 Å². The van der Waals surface area contributed by atoms with Gasteiger partial charge in [-0.2, -0.15) is 5.10 Å². The highest BCUT2D eigenvalue weighted by atomic mass is 35.5. The monoisotopic (exact) mass is 640 g/mol. The van der Waals surface area contributed by atoms with Crippen LogP contribution in [0.1, 0.15) is 45.5 Å². The number of hydrogen-bond acceptors (Lipinski definition) is 8. The first-order valence-corrected chi connectivity index (χ1v) is 15.5. The third kappa shape index (κ3) is 6.79. The number of hydrogen-bond donors (Lipinski definition) is 1. The highest BCUT2D eigenvalue weighted by molar-refractivity contribution is 7.99. The Morgan fingerprint density at radius 3 is 2.56 bits per heavy atom. The molecule has 3 heterocycles. The summed E-state index contributed by atoms with van der Waals surface area (Å²) in [6.07, 6.45) is 2.01. The Kier molecular flexibility index (Phi) is 8.99. The zero-order valence-corrected chi connectivity index (χ0v) is 26.1. The molecule has 1 aliphatic heterocycles. The molecular weight excluding hydrogens is 612 g/mol. The van der Waals surface area contributed by atoms with Crippen molar-refractivity contribution in [3.8, 4) is 11.4 Å². The van der Waals surface area contributed by atoms with E-state index in [0.29, 0.717) is 28.1 Å². The van der Waals surface area contributed by atoms with Gasteiger partial charge in [0.25, 0.3) is 11.8 Å². The van der Waals surface area contributed by atoms with Crippen molar-refractivity contribution in [2.75, 3.05) is 12.9 Å². The Balaban J connectivity index is 1.25. The van der Waals surface area contributed by atoms with Gasteiger partial charge in [0, 0.05) is 11.4 Å². The predicted octanol–water partition coefficient (Wildman–Crippen LogP) is 6.23. The molecule has 10 nitrogen and oxygen atoms in total. The summed E-state index contributed by atoms with van der Waals surface area (Å²) in [6.45, 7) is 2.11. The number of benzene rings is 3. The standard InChI is InChI=1S/C33H29ClN6O4S/c1-21-8-10-23(11-9-21)28-18-27(22-12-14-26(43-2)15-13-22)38-40(28)31(41)20-45-33-37-36-30(19-35-32(42)29-7-4-16-44-29)39(33)25-6-3-5-24(34)17-25/h3-17,28H,18-20H2,1-2H3,(H,35,42)/t28-/m1/s1. The Hall–Kier alpha value is -4.87. The molecule has 0 aliphatic carbocycles. The van der Waals surface area contributed by atoms with Gasteiger partial charge in [0.2, 0.25) is 0 Å². The van der Waals surface area contributed by atoms with Crippen LogP contribution in [0.2, 0.25) is 5.02 Å². The molecule has 3 aromatic carbocycles. The van der Waals surface area contributed by atoms with E-state index in [1.54, 1.807) is 41.0 Å². The number of methoxy groups -OCH3 is 1. The lowest BCUT2D eigenvalue weighted by molar-refractivity contribution is -0.130. The quantitative estimate of drug-likeness (QED) is 0.180. The highest BCUT2D eigenvalue weighted by Crippen LogP contribution is 2.34. The number of halogens is 1. The minimum atomic E-state index is -0.383. The zero-order chi connectivity index (χ0) is 31.3. The summed E-state index contributed by atoms with van der Waals surface area (Å²) in [4.78, 5) is 26.4. The number of aromatic nitrogens is 3. The Morgan fingerprint density at radius 2 is 1.84 bits per heavy atom. The van der Waals surface area contributed by atoms with Gasteiger partial charge < -0.3 is 14.5 Å². The minimum absolute atomic E-state index is 0.0548. The van der Waals surface area contributed by atoms with Crippen molar-refractivity contribution < 1.29 is 18.7 Å². The van der Waals surface area contributed by atoms with Crippen molar-refractivity contribution >= 4 is 40.9 Å². The molecule has 0 spiro atoms. The van der Waals surface area contributed by atoms with Crippen molar-refractivity contribution in [1.82, 2.24) is 25.1 Å². The van der Waals surface area contributed by atoms with Crippen LogP contribution in [-0.4, -0.2) is 50.2 Å². The summed E-state index contributed by atoms with van der Waals surface area (Å²) >= 11 is 7.55. The van der Waals surface area contributed by atoms with Crippen LogP contribution in [0, 0.1) is 6.92 Å². The number of carbonyl (C=O) groups excluding carboxylic acids is 2. The van der Waals surface area contributed by atoms with Gasteiger partial charge in [-0.1, -0.05) is 59.3 Å². The van der Waals surface area contributed by atoms with E-state index in [-0.39, 0.29) is 35.9 Å². The third-order valence-electron chi connectivity index (χ3n) is 7.29. The van der Waals surface area contributed by atoms with E-state index in [0.717, 1.165) is 28.2 Å². The molecule has 6 rings (SSSR count). The van der Waals surface area contributed by atoms with Gasteiger partial charge in [-0.15, -0.1) is 10.2 Å². The third-order valence-corrected chi connectivity index (χ3v) is 8.44. The number of thioether (sulfide) groups is 1. The second kappa shape index (κ2) is 13.4. The average molecular weight is 641 g/mol.